The Morgan fingerprint density at radius 1 is 0.969 bits per heavy atom. The van der Waals surface area contributed by atoms with Gasteiger partial charge in [-0.2, -0.15) is 5.26 Å². The van der Waals surface area contributed by atoms with Crippen LogP contribution in [0.1, 0.15) is 28.2 Å². The number of nitriles is 1. The average Bonchev–Trinajstić information content (AvgIpc) is 3.16. The number of hydrogen-bond acceptors (Lipinski definition) is 5. The predicted octanol–water partition coefficient (Wildman–Crippen LogP) is 4.18. The van der Waals surface area contributed by atoms with Crippen LogP contribution in [0.15, 0.2) is 72.8 Å². The number of ether oxygens (including phenoxy) is 2. The zero-order chi connectivity index (χ0) is 22.5. The summed E-state index contributed by atoms with van der Waals surface area (Å²) in [4.78, 5) is 24.8. The minimum atomic E-state index is -0.899. The molecule has 1 amide bonds. The van der Waals surface area contributed by atoms with Crippen molar-refractivity contribution in [1.29, 1.82) is 5.26 Å². The van der Waals surface area contributed by atoms with Crippen LogP contribution >= 0.6 is 0 Å². The SMILES string of the molecule is COC(=O)[C@H](Cc1ccc(C#N)cc1)NC(=O)OCC1c2ccccc2-c2ccccc21. The predicted molar refractivity (Wildman–Crippen MR) is 119 cm³/mol. The lowest BCUT2D eigenvalue weighted by Crippen LogP contribution is -2.43. The molecule has 0 aliphatic heterocycles. The molecule has 1 aliphatic carbocycles. The fraction of sp³-hybridized carbons (Fsp3) is 0.192. The number of fused-ring (bicyclic) bond motifs is 3. The van der Waals surface area contributed by atoms with Gasteiger partial charge in [0.05, 0.1) is 18.7 Å². The smallest absolute Gasteiger partial charge is 0.407 e. The highest BCUT2D eigenvalue weighted by atomic mass is 16.6. The van der Waals surface area contributed by atoms with Gasteiger partial charge in [-0.05, 0) is 39.9 Å². The normalized spacial score (nSPS) is 12.8. The van der Waals surface area contributed by atoms with E-state index in [9.17, 15) is 9.59 Å². The highest BCUT2D eigenvalue weighted by Gasteiger charge is 2.30. The van der Waals surface area contributed by atoms with E-state index in [0.29, 0.717) is 5.56 Å². The molecule has 3 aromatic carbocycles. The Bertz CT molecular complexity index is 1140. The van der Waals surface area contributed by atoms with E-state index in [1.165, 1.54) is 7.11 Å². The molecule has 0 saturated heterocycles. The van der Waals surface area contributed by atoms with Gasteiger partial charge >= 0.3 is 12.1 Å². The fourth-order valence-electron chi connectivity index (χ4n) is 4.07. The zero-order valence-electron chi connectivity index (χ0n) is 17.6. The highest BCUT2D eigenvalue weighted by molar-refractivity contribution is 5.82. The lowest BCUT2D eigenvalue weighted by molar-refractivity contribution is -0.143. The van der Waals surface area contributed by atoms with E-state index in [1.54, 1.807) is 24.3 Å². The second kappa shape index (κ2) is 9.36. The van der Waals surface area contributed by atoms with Crippen LogP contribution < -0.4 is 5.32 Å². The molecule has 6 nitrogen and oxygen atoms in total. The minimum absolute atomic E-state index is 0.0664. The number of amides is 1. The Hall–Kier alpha value is -4.11. The Labute approximate surface area is 186 Å². The summed E-state index contributed by atoms with van der Waals surface area (Å²) in [6.07, 6.45) is -0.460. The average molecular weight is 426 g/mol. The van der Waals surface area contributed by atoms with Crippen LogP contribution in [0.2, 0.25) is 0 Å². The van der Waals surface area contributed by atoms with Gasteiger partial charge in [0.15, 0.2) is 0 Å². The van der Waals surface area contributed by atoms with Crippen LogP contribution in [0.5, 0.6) is 0 Å². The Morgan fingerprint density at radius 3 is 2.12 bits per heavy atom. The van der Waals surface area contributed by atoms with Crippen molar-refractivity contribution in [3.05, 3.63) is 95.1 Å². The molecule has 0 heterocycles. The highest BCUT2D eigenvalue weighted by Crippen LogP contribution is 2.44. The van der Waals surface area contributed by atoms with Gasteiger partial charge in [0.25, 0.3) is 0 Å². The molecule has 0 radical (unpaired) electrons. The summed E-state index contributed by atoms with van der Waals surface area (Å²) in [5.41, 5.74) is 5.83. The van der Waals surface area contributed by atoms with E-state index in [0.717, 1.165) is 27.8 Å². The first-order valence-corrected chi connectivity index (χ1v) is 10.3. The number of nitrogens with zero attached hydrogens (tertiary/aromatic N) is 1. The lowest BCUT2D eigenvalue weighted by atomic mass is 9.98. The molecule has 1 atom stereocenters. The summed E-state index contributed by atoms with van der Waals surface area (Å²) in [6.45, 7) is 0.157. The number of benzene rings is 3. The Kier molecular flexibility index (Phi) is 6.18. The third-order valence-corrected chi connectivity index (χ3v) is 5.64. The van der Waals surface area contributed by atoms with Crippen LogP contribution in [0.25, 0.3) is 11.1 Å². The van der Waals surface area contributed by atoms with Crippen molar-refractivity contribution < 1.29 is 19.1 Å². The van der Waals surface area contributed by atoms with Crippen molar-refractivity contribution in [2.24, 2.45) is 0 Å². The van der Waals surface area contributed by atoms with Crippen molar-refractivity contribution in [1.82, 2.24) is 5.32 Å². The second-order valence-corrected chi connectivity index (χ2v) is 7.56. The third kappa shape index (κ3) is 4.33. The van der Waals surface area contributed by atoms with Gasteiger partial charge in [-0.3, -0.25) is 0 Å². The van der Waals surface area contributed by atoms with Crippen molar-refractivity contribution >= 4 is 12.1 Å². The monoisotopic (exact) mass is 426 g/mol. The minimum Gasteiger partial charge on any atom is -0.467 e. The van der Waals surface area contributed by atoms with Crippen LogP contribution in [-0.2, 0) is 20.7 Å². The van der Waals surface area contributed by atoms with E-state index < -0.39 is 18.1 Å². The molecule has 0 saturated carbocycles. The van der Waals surface area contributed by atoms with Crippen molar-refractivity contribution in [3.63, 3.8) is 0 Å². The number of carbonyl (C=O) groups is 2. The maximum Gasteiger partial charge on any atom is 0.407 e. The summed E-state index contributed by atoms with van der Waals surface area (Å²) >= 11 is 0. The molecule has 0 aromatic heterocycles. The van der Waals surface area contributed by atoms with E-state index in [4.69, 9.17) is 14.7 Å². The summed E-state index contributed by atoms with van der Waals surface area (Å²) < 4.78 is 10.4. The lowest BCUT2D eigenvalue weighted by Gasteiger charge is -2.18. The second-order valence-electron chi connectivity index (χ2n) is 7.56. The van der Waals surface area contributed by atoms with Gasteiger partial charge in [-0.15, -0.1) is 0 Å². The van der Waals surface area contributed by atoms with E-state index in [1.807, 2.05) is 42.5 Å². The largest absolute Gasteiger partial charge is 0.467 e. The van der Waals surface area contributed by atoms with E-state index in [-0.39, 0.29) is 18.9 Å². The number of methoxy groups -OCH3 is 1. The van der Waals surface area contributed by atoms with Gasteiger partial charge in [0, 0.05) is 12.3 Å². The summed E-state index contributed by atoms with van der Waals surface area (Å²) in [6, 6.07) is 24.1. The van der Waals surface area contributed by atoms with Gasteiger partial charge in [0.1, 0.15) is 12.6 Å². The first kappa shape index (κ1) is 21.1. The number of esters is 1. The molecule has 0 fully saturated rings. The molecule has 1 aliphatic rings. The zero-order valence-corrected chi connectivity index (χ0v) is 17.6. The van der Waals surface area contributed by atoms with Crippen LogP contribution in [0.3, 0.4) is 0 Å². The maximum absolute atomic E-state index is 12.6. The molecule has 0 bridgehead atoms. The fourth-order valence-corrected chi connectivity index (χ4v) is 4.07. The molecule has 160 valence electrons. The molecule has 3 aromatic rings. The number of rotatable bonds is 6. The number of hydrogen-bond donors (Lipinski definition) is 1. The molecular weight excluding hydrogens is 404 g/mol. The molecule has 0 spiro atoms. The topological polar surface area (TPSA) is 88.4 Å². The molecule has 4 rings (SSSR count). The van der Waals surface area contributed by atoms with E-state index >= 15 is 0 Å². The number of carbonyl (C=O) groups excluding carboxylic acids is 2. The maximum atomic E-state index is 12.6. The van der Waals surface area contributed by atoms with Crippen LogP contribution in [0, 0.1) is 11.3 Å². The Balaban J connectivity index is 1.43. The van der Waals surface area contributed by atoms with E-state index in [2.05, 4.69) is 17.4 Å². The molecule has 32 heavy (non-hydrogen) atoms. The van der Waals surface area contributed by atoms with Crippen LogP contribution in [-0.4, -0.2) is 31.8 Å². The number of alkyl carbamates (subject to hydrolysis) is 1. The third-order valence-electron chi connectivity index (χ3n) is 5.64. The van der Waals surface area contributed by atoms with Crippen LogP contribution in [0.4, 0.5) is 4.79 Å². The first-order chi connectivity index (χ1) is 15.6. The summed E-state index contributed by atoms with van der Waals surface area (Å²) in [7, 11) is 1.27. The number of nitrogens with one attached hydrogen (secondary N) is 1. The molecule has 6 heteroatoms. The molecular formula is C26H22N2O4. The Morgan fingerprint density at radius 2 is 1.56 bits per heavy atom. The van der Waals surface area contributed by atoms with Gasteiger partial charge in [0.2, 0.25) is 0 Å². The van der Waals surface area contributed by atoms with Gasteiger partial charge < -0.3 is 14.8 Å². The van der Waals surface area contributed by atoms with Crippen molar-refractivity contribution in [2.45, 2.75) is 18.4 Å². The quantitative estimate of drug-likeness (QED) is 0.598. The van der Waals surface area contributed by atoms with Crippen molar-refractivity contribution in [2.75, 3.05) is 13.7 Å². The summed E-state index contributed by atoms with van der Waals surface area (Å²) in [5, 5.41) is 11.5. The molecule has 0 unspecified atom stereocenters. The molecule has 1 N–H and O–H groups in total. The first-order valence-electron chi connectivity index (χ1n) is 10.3. The van der Waals surface area contributed by atoms with Gasteiger partial charge in [-0.25, -0.2) is 9.59 Å². The summed E-state index contributed by atoms with van der Waals surface area (Å²) in [5.74, 6) is -0.633. The standard InChI is InChI=1S/C26H22N2O4/c1-31-25(29)24(14-17-10-12-18(15-27)13-11-17)28-26(30)32-16-23-21-8-4-2-6-19(21)20-7-3-5-9-22(20)23/h2-13,23-24H,14,16H2,1H3,(H,28,30)/t24-/m0/s1. The van der Waals surface area contributed by atoms with Gasteiger partial charge in [-0.1, -0.05) is 60.7 Å². The van der Waals surface area contributed by atoms with Crippen molar-refractivity contribution in [3.8, 4) is 17.2 Å².